The van der Waals surface area contributed by atoms with Gasteiger partial charge in [0.25, 0.3) is 0 Å². The third-order valence-corrected chi connectivity index (χ3v) is 3.98. The Bertz CT molecular complexity index is 357. The van der Waals surface area contributed by atoms with Gasteiger partial charge in [0.2, 0.25) is 0 Å². The summed E-state index contributed by atoms with van der Waals surface area (Å²) in [6.07, 6.45) is 4.47. The van der Waals surface area contributed by atoms with Crippen molar-refractivity contribution >= 4 is 17.6 Å². The smallest absolute Gasteiger partial charge is 0.128 e. The number of nitrogens with one attached hydrogen (secondary N) is 1. The van der Waals surface area contributed by atoms with Crippen LogP contribution in [0.3, 0.4) is 0 Å². The summed E-state index contributed by atoms with van der Waals surface area (Å²) in [7, 11) is 2.15. The molecule has 0 saturated carbocycles. The van der Waals surface area contributed by atoms with Crippen molar-refractivity contribution in [3.05, 3.63) is 23.9 Å². The first-order chi connectivity index (χ1) is 9.22. The van der Waals surface area contributed by atoms with Gasteiger partial charge in [0, 0.05) is 25.4 Å². The third kappa shape index (κ3) is 5.41. The minimum absolute atomic E-state index is 0.557. The van der Waals surface area contributed by atoms with Gasteiger partial charge in [-0.25, -0.2) is 4.98 Å². The van der Waals surface area contributed by atoms with Gasteiger partial charge in [-0.2, -0.15) is 11.8 Å². The van der Waals surface area contributed by atoms with Crippen LogP contribution in [0.2, 0.25) is 0 Å². The van der Waals surface area contributed by atoms with E-state index in [2.05, 4.69) is 55.6 Å². The molecule has 1 aromatic rings. The molecule has 3 nitrogen and oxygen atoms in total. The van der Waals surface area contributed by atoms with E-state index >= 15 is 0 Å². The van der Waals surface area contributed by atoms with Crippen LogP contribution in [0, 0.1) is 0 Å². The molecule has 1 unspecified atom stereocenters. The average molecular weight is 281 g/mol. The first-order valence-corrected chi connectivity index (χ1v) is 8.50. The zero-order chi connectivity index (χ0) is 14.1. The third-order valence-electron chi connectivity index (χ3n) is 3.26. The summed E-state index contributed by atoms with van der Waals surface area (Å²) < 4.78 is 0. The van der Waals surface area contributed by atoms with Crippen molar-refractivity contribution < 1.29 is 0 Å². The maximum atomic E-state index is 4.75. The Balaban J connectivity index is 2.68. The van der Waals surface area contributed by atoms with Crippen LogP contribution in [-0.2, 0) is 6.54 Å². The second-order valence-corrected chi connectivity index (χ2v) is 5.70. The van der Waals surface area contributed by atoms with Gasteiger partial charge < -0.3 is 10.2 Å². The van der Waals surface area contributed by atoms with Crippen LogP contribution in [0.1, 0.15) is 32.4 Å². The molecule has 0 aromatic carbocycles. The largest absolute Gasteiger partial charge is 0.356 e. The van der Waals surface area contributed by atoms with Gasteiger partial charge in [-0.15, -0.1) is 0 Å². The van der Waals surface area contributed by atoms with Gasteiger partial charge in [-0.1, -0.05) is 19.9 Å². The molecular formula is C15H27N3S. The Morgan fingerprint density at radius 3 is 2.79 bits per heavy atom. The summed E-state index contributed by atoms with van der Waals surface area (Å²) in [5.74, 6) is 2.23. The van der Waals surface area contributed by atoms with Crippen molar-refractivity contribution in [2.75, 3.05) is 30.5 Å². The fourth-order valence-corrected chi connectivity index (χ4v) is 2.88. The summed E-state index contributed by atoms with van der Waals surface area (Å²) in [5.41, 5.74) is 1.12. The molecule has 1 N–H and O–H groups in total. The molecule has 0 spiro atoms. The van der Waals surface area contributed by atoms with Crippen molar-refractivity contribution in [2.45, 2.75) is 39.3 Å². The van der Waals surface area contributed by atoms with Gasteiger partial charge in [-0.05, 0) is 37.8 Å². The maximum absolute atomic E-state index is 4.75. The molecule has 0 bridgehead atoms. The van der Waals surface area contributed by atoms with E-state index in [-0.39, 0.29) is 0 Å². The lowest BCUT2D eigenvalue weighted by Crippen LogP contribution is -2.34. The average Bonchev–Trinajstić information content (AvgIpc) is 2.44. The number of pyridine rings is 1. The summed E-state index contributed by atoms with van der Waals surface area (Å²) in [5, 5.41) is 3.40. The van der Waals surface area contributed by atoms with Crippen LogP contribution >= 0.6 is 11.8 Å². The van der Waals surface area contributed by atoms with E-state index in [0.29, 0.717) is 6.04 Å². The molecule has 0 aliphatic carbocycles. The van der Waals surface area contributed by atoms with Crippen molar-refractivity contribution in [3.63, 3.8) is 0 Å². The predicted octanol–water partition coefficient (Wildman–Crippen LogP) is 3.16. The van der Waals surface area contributed by atoms with E-state index in [4.69, 9.17) is 4.98 Å². The molecular weight excluding hydrogens is 254 g/mol. The maximum Gasteiger partial charge on any atom is 0.128 e. The SMILES string of the molecule is CCCNCc1cccc(N(C)C(CC)CSC)n1. The van der Waals surface area contributed by atoms with Crippen molar-refractivity contribution in [1.29, 1.82) is 0 Å². The second kappa shape index (κ2) is 9.21. The van der Waals surface area contributed by atoms with E-state index in [0.717, 1.165) is 43.2 Å². The molecule has 1 atom stereocenters. The van der Waals surface area contributed by atoms with E-state index in [1.54, 1.807) is 0 Å². The molecule has 0 amide bonds. The second-order valence-electron chi connectivity index (χ2n) is 4.79. The highest BCUT2D eigenvalue weighted by atomic mass is 32.2. The Hall–Kier alpha value is -0.740. The quantitative estimate of drug-likeness (QED) is 0.704. The zero-order valence-electron chi connectivity index (χ0n) is 12.6. The molecule has 1 aromatic heterocycles. The van der Waals surface area contributed by atoms with E-state index in [1.165, 1.54) is 0 Å². The summed E-state index contributed by atoms with van der Waals surface area (Å²) >= 11 is 1.90. The summed E-state index contributed by atoms with van der Waals surface area (Å²) in [6, 6.07) is 6.86. The molecule has 1 heterocycles. The van der Waals surface area contributed by atoms with Crippen LogP contribution in [-0.4, -0.2) is 36.6 Å². The number of anilines is 1. The highest BCUT2D eigenvalue weighted by molar-refractivity contribution is 7.98. The fourth-order valence-electron chi connectivity index (χ4n) is 2.04. The van der Waals surface area contributed by atoms with Crippen molar-refractivity contribution in [3.8, 4) is 0 Å². The number of thioether (sulfide) groups is 1. The number of rotatable bonds is 9. The Morgan fingerprint density at radius 2 is 2.16 bits per heavy atom. The Morgan fingerprint density at radius 1 is 1.37 bits per heavy atom. The van der Waals surface area contributed by atoms with Crippen LogP contribution in [0.25, 0.3) is 0 Å². The van der Waals surface area contributed by atoms with E-state index in [9.17, 15) is 0 Å². The van der Waals surface area contributed by atoms with Crippen molar-refractivity contribution in [2.24, 2.45) is 0 Å². The highest BCUT2D eigenvalue weighted by Gasteiger charge is 2.13. The first kappa shape index (κ1) is 16.3. The molecule has 1 rings (SSSR count). The lowest BCUT2D eigenvalue weighted by molar-refractivity contribution is 0.649. The van der Waals surface area contributed by atoms with Gasteiger partial charge in [-0.3, -0.25) is 0 Å². The zero-order valence-corrected chi connectivity index (χ0v) is 13.5. The molecule has 0 aliphatic heterocycles. The van der Waals surface area contributed by atoms with Gasteiger partial charge >= 0.3 is 0 Å². The van der Waals surface area contributed by atoms with E-state index < -0.39 is 0 Å². The normalized spacial score (nSPS) is 12.4. The fraction of sp³-hybridized carbons (Fsp3) is 0.667. The number of hydrogen-bond acceptors (Lipinski definition) is 4. The minimum atomic E-state index is 0.557. The molecule has 0 saturated heterocycles. The summed E-state index contributed by atoms with van der Waals surface area (Å²) in [4.78, 5) is 7.06. The highest BCUT2D eigenvalue weighted by Crippen LogP contribution is 2.17. The van der Waals surface area contributed by atoms with Crippen LogP contribution in [0.5, 0.6) is 0 Å². The monoisotopic (exact) mass is 281 g/mol. The number of aromatic nitrogens is 1. The van der Waals surface area contributed by atoms with E-state index in [1.807, 2.05) is 11.8 Å². The van der Waals surface area contributed by atoms with Crippen molar-refractivity contribution in [1.82, 2.24) is 10.3 Å². The molecule has 0 radical (unpaired) electrons. The molecule has 0 fully saturated rings. The van der Waals surface area contributed by atoms with Gasteiger partial charge in [0.05, 0.1) is 5.69 Å². The topological polar surface area (TPSA) is 28.2 Å². The molecule has 108 valence electrons. The lowest BCUT2D eigenvalue weighted by Gasteiger charge is -2.28. The number of nitrogens with zero attached hydrogens (tertiary/aromatic N) is 2. The Kier molecular flexibility index (Phi) is 7.91. The standard InChI is InChI=1S/C15H27N3S/c1-5-10-16-11-13-8-7-9-15(17-13)18(3)14(6-2)12-19-4/h7-9,14,16H,5-6,10-12H2,1-4H3. The predicted molar refractivity (Wildman–Crippen MR) is 87.1 cm³/mol. The van der Waals surface area contributed by atoms with Crippen LogP contribution in [0.15, 0.2) is 18.2 Å². The first-order valence-electron chi connectivity index (χ1n) is 7.11. The van der Waals surface area contributed by atoms with Gasteiger partial charge in [0.15, 0.2) is 0 Å². The molecule has 4 heteroatoms. The lowest BCUT2D eigenvalue weighted by atomic mass is 10.2. The van der Waals surface area contributed by atoms with Crippen LogP contribution < -0.4 is 10.2 Å². The Labute approximate surface area is 122 Å². The minimum Gasteiger partial charge on any atom is -0.356 e. The van der Waals surface area contributed by atoms with Gasteiger partial charge in [0.1, 0.15) is 5.82 Å². The molecule has 19 heavy (non-hydrogen) atoms. The molecule has 0 aliphatic rings. The van der Waals surface area contributed by atoms with Crippen LogP contribution in [0.4, 0.5) is 5.82 Å². The number of hydrogen-bond donors (Lipinski definition) is 1. The summed E-state index contributed by atoms with van der Waals surface area (Å²) in [6.45, 7) is 6.32.